The molecule has 1 aliphatic heterocycles. The van der Waals surface area contributed by atoms with Crippen LogP contribution in [0, 0.1) is 0 Å². The zero-order chi connectivity index (χ0) is 23.0. The topological polar surface area (TPSA) is 156 Å². The van der Waals surface area contributed by atoms with Gasteiger partial charge < -0.3 is 34.3 Å². The number of thiocarbonyl (C=S) groups is 1. The maximum Gasteiger partial charge on any atom is 0.303 e. The van der Waals surface area contributed by atoms with Gasteiger partial charge in [-0.15, -0.1) is 0 Å². The third-order valence-corrected chi connectivity index (χ3v) is 3.77. The first kappa shape index (κ1) is 25.2. The molecule has 1 heterocycles. The molecule has 0 bridgehead atoms. The lowest BCUT2D eigenvalue weighted by Crippen LogP contribution is -2.66. The van der Waals surface area contributed by atoms with E-state index in [-0.39, 0.29) is 11.7 Å². The molecule has 5 atom stereocenters. The molecule has 0 aromatic heterocycles. The highest BCUT2D eigenvalue weighted by Gasteiger charge is 2.52. The summed E-state index contributed by atoms with van der Waals surface area (Å²) in [6, 6.07) is 0. The molecule has 0 aliphatic carbocycles. The van der Waals surface area contributed by atoms with Crippen molar-refractivity contribution in [1.82, 2.24) is 10.6 Å². The van der Waals surface area contributed by atoms with E-state index in [1.165, 1.54) is 6.92 Å². The minimum absolute atomic E-state index is 0.164. The Kier molecular flexibility index (Phi) is 9.59. The summed E-state index contributed by atoms with van der Waals surface area (Å²) >= 11 is 5.01. The van der Waals surface area contributed by atoms with Gasteiger partial charge in [-0.2, -0.15) is 0 Å². The van der Waals surface area contributed by atoms with Crippen molar-refractivity contribution in [2.45, 2.75) is 65.3 Å². The summed E-state index contributed by atoms with van der Waals surface area (Å²) < 4.78 is 26.4. The molecule has 0 spiro atoms. The number of hydrogen-bond donors (Lipinski definition) is 2. The zero-order valence-corrected chi connectivity index (χ0v) is 17.9. The highest BCUT2D eigenvalue weighted by atomic mass is 32.1. The fourth-order valence-electron chi connectivity index (χ4n) is 2.67. The van der Waals surface area contributed by atoms with Gasteiger partial charge in [0.1, 0.15) is 12.7 Å². The van der Waals surface area contributed by atoms with E-state index in [1.54, 1.807) is 0 Å². The van der Waals surface area contributed by atoms with Gasteiger partial charge in [0.05, 0.1) is 0 Å². The highest BCUT2D eigenvalue weighted by molar-refractivity contribution is 7.80. The van der Waals surface area contributed by atoms with Gasteiger partial charge >= 0.3 is 23.9 Å². The molecule has 1 aliphatic rings. The summed E-state index contributed by atoms with van der Waals surface area (Å²) in [5.74, 6) is -3.36. The number of nitrogens with one attached hydrogen (secondary N) is 2. The van der Waals surface area contributed by atoms with Crippen molar-refractivity contribution >= 4 is 47.1 Å². The summed E-state index contributed by atoms with van der Waals surface area (Å²) in [5, 5.41) is 4.78. The van der Waals surface area contributed by atoms with Gasteiger partial charge in [-0.05, 0) is 12.2 Å². The first-order chi connectivity index (χ1) is 13.9. The summed E-state index contributed by atoms with van der Waals surface area (Å²) in [7, 11) is 0. The van der Waals surface area contributed by atoms with Crippen LogP contribution in [0.5, 0.6) is 0 Å². The van der Waals surface area contributed by atoms with E-state index in [1.807, 2.05) is 0 Å². The Labute approximate surface area is 177 Å². The smallest absolute Gasteiger partial charge is 0.303 e. The maximum atomic E-state index is 11.7. The second-order valence-corrected chi connectivity index (χ2v) is 6.68. The molecule has 0 radical (unpaired) electrons. The van der Waals surface area contributed by atoms with Gasteiger partial charge in [0.2, 0.25) is 5.91 Å². The van der Waals surface area contributed by atoms with E-state index < -0.39 is 60.4 Å². The second-order valence-electron chi connectivity index (χ2n) is 6.27. The molecule has 0 unspecified atom stereocenters. The number of amides is 1. The van der Waals surface area contributed by atoms with E-state index >= 15 is 0 Å². The van der Waals surface area contributed by atoms with Crippen LogP contribution in [0.3, 0.4) is 0 Å². The number of esters is 4. The van der Waals surface area contributed by atoms with Crippen molar-refractivity contribution in [1.29, 1.82) is 0 Å². The van der Waals surface area contributed by atoms with Crippen LogP contribution < -0.4 is 10.6 Å². The first-order valence-corrected chi connectivity index (χ1v) is 9.20. The van der Waals surface area contributed by atoms with Crippen molar-refractivity contribution in [2.75, 3.05) is 6.61 Å². The Bertz CT molecular complexity index is 713. The summed E-state index contributed by atoms with van der Waals surface area (Å²) in [4.78, 5) is 57.4. The normalized spacial score (nSPS) is 25.3. The number of rotatable bonds is 6. The van der Waals surface area contributed by atoms with E-state index in [2.05, 4.69) is 10.6 Å². The number of hydrogen-bond acceptors (Lipinski definition) is 11. The van der Waals surface area contributed by atoms with Crippen molar-refractivity contribution in [3.05, 3.63) is 0 Å². The van der Waals surface area contributed by atoms with Crippen LogP contribution in [0.2, 0.25) is 0 Å². The maximum absolute atomic E-state index is 11.7. The predicted octanol–water partition coefficient (Wildman–Crippen LogP) is -0.920. The largest absolute Gasteiger partial charge is 0.463 e. The van der Waals surface area contributed by atoms with Gasteiger partial charge in [0.25, 0.3) is 0 Å². The molecule has 0 aromatic rings. The van der Waals surface area contributed by atoms with Crippen LogP contribution in [-0.4, -0.2) is 72.1 Å². The lowest BCUT2D eigenvalue weighted by molar-refractivity contribution is -0.254. The van der Waals surface area contributed by atoms with Crippen molar-refractivity contribution in [2.24, 2.45) is 0 Å². The Hall–Kier alpha value is -2.80. The Morgan fingerprint density at radius 2 is 1.30 bits per heavy atom. The van der Waals surface area contributed by atoms with Gasteiger partial charge in [0, 0.05) is 34.6 Å². The molecule has 2 N–H and O–H groups in total. The van der Waals surface area contributed by atoms with Crippen LogP contribution in [0.15, 0.2) is 0 Å². The van der Waals surface area contributed by atoms with Gasteiger partial charge in [-0.1, -0.05) is 0 Å². The van der Waals surface area contributed by atoms with Gasteiger partial charge in [-0.25, -0.2) is 0 Å². The molecule has 1 amide bonds. The molecule has 1 rings (SSSR count). The monoisotopic (exact) mass is 448 g/mol. The Balaban J connectivity index is 3.32. The van der Waals surface area contributed by atoms with E-state index in [9.17, 15) is 24.0 Å². The van der Waals surface area contributed by atoms with Crippen molar-refractivity contribution in [3.63, 3.8) is 0 Å². The standard InChI is InChI=1S/C17H24N2O10S/c1-7(20)18-17(30)19-16-15(28-11(5)24)14(27-10(4)23)13(26-9(3)22)12(29-16)6-25-8(2)21/h12-16H,6H2,1-5H3,(H2,18,19,20,30)/t12-,13-,14+,15-,16-/m0/s1. The third kappa shape index (κ3) is 8.29. The summed E-state index contributed by atoms with van der Waals surface area (Å²) in [6.45, 7) is 5.35. The predicted molar refractivity (Wildman–Crippen MR) is 102 cm³/mol. The van der Waals surface area contributed by atoms with Crippen LogP contribution in [0.4, 0.5) is 0 Å². The van der Waals surface area contributed by atoms with Crippen LogP contribution in [0.1, 0.15) is 34.6 Å². The molecule has 0 saturated carbocycles. The van der Waals surface area contributed by atoms with Crippen molar-refractivity contribution < 1.29 is 47.7 Å². The fraction of sp³-hybridized carbons (Fsp3) is 0.647. The second kappa shape index (κ2) is 11.4. The van der Waals surface area contributed by atoms with Gasteiger partial charge in [-0.3, -0.25) is 24.0 Å². The molecule has 1 fully saturated rings. The molecule has 13 heteroatoms. The van der Waals surface area contributed by atoms with E-state index in [4.69, 9.17) is 35.9 Å². The first-order valence-electron chi connectivity index (χ1n) is 8.79. The molecule has 168 valence electrons. The molecule has 0 aromatic carbocycles. The minimum atomic E-state index is -1.33. The highest BCUT2D eigenvalue weighted by Crippen LogP contribution is 2.28. The van der Waals surface area contributed by atoms with Gasteiger partial charge in [0.15, 0.2) is 29.7 Å². The summed E-state index contributed by atoms with van der Waals surface area (Å²) in [6.07, 6.45) is -6.29. The minimum Gasteiger partial charge on any atom is -0.463 e. The third-order valence-electron chi connectivity index (χ3n) is 3.55. The number of carbonyl (C=O) groups excluding carboxylic acids is 5. The average Bonchev–Trinajstić information content (AvgIpc) is 2.56. The average molecular weight is 448 g/mol. The van der Waals surface area contributed by atoms with Crippen LogP contribution in [-0.2, 0) is 47.7 Å². The fourth-order valence-corrected chi connectivity index (χ4v) is 2.93. The molecule has 12 nitrogen and oxygen atoms in total. The number of carbonyl (C=O) groups is 5. The molecular weight excluding hydrogens is 424 g/mol. The quantitative estimate of drug-likeness (QED) is 0.293. The molecule has 30 heavy (non-hydrogen) atoms. The Morgan fingerprint density at radius 1 is 0.800 bits per heavy atom. The van der Waals surface area contributed by atoms with Crippen LogP contribution >= 0.6 is 12.2 Å². The molecular formula is C17H24N2O10S. The SMILES string of the molecule is CC(=O)NC(=S)N[C@H]1O[C@@H](COC(C)=O)[C@H](OC(C)=O)[C@@H](OC(C)=O)[C@@H]1OC(C)=O. The van der Waals surface area contributed by atoms with Crippen molar-refractivity contribution in [3.8, 4) is 0 Å². The number of ether oxygens (including phenoxy) is 5. The lowest BCUT2D eigenvalue weighted by Gasteiger charge is -2.44. The summed E-state index contributed by atoms with van der Waals surface area (Å²) in [5.41, 5.74) is 0. The Morgan fingerprint density at radius 3 is 1.77 bits per heavy atom. The molecule has 1 saturated heterocycles. The van der Waals surface area contributed by atoms with Crippen LogP contribution in [0.25, 0.3) is 0 Å². The zero-order valence-electron chi connectivity index (χ0n) is 17.1. The van der Waals surface area contributed by atoms with E-state index in [0.717, 1.165) is 27.7 Å². The lowest BCUT2D eigenvalue weighted by atomic mass is 9.97. The van der Waals surface area contributed by atoms with E-state index in [0.29, 0.717) is 0 Å².